The average molecular weight is 570 g/mol. The van der Waals surface area contributed by atoms with Gasteiger partial charge in [0.25, 0.3) is 0 Å². The summed E-state index contributed by atoms with van der Waals surface area (Å²) in [5.74, 6) is 1.69. The fourth-order valence-corrected chi connectivity index (χ4v) is 20.8. The Labute approximate surface area is 209 Å². The van der Waals surface area contributed by atoms with Crippen LogP contribution in [0.15, 0.2) is 53.6 Å². The predicted molar refractivity (Wildman–Crippen MR) is 145 cm³/mol. The first-order valence-corrected chi connectivity index (χ1v) is 20.5. The fourth-order valence-electron chi connectivity index (χ4n) is 4.90. The second kappa shape index (κ2) is 13.2. The SMILES string of the molecule is CCC[CH2][Sn]([CH2]CCC)([CH2]CCC)[c]1ccc(Oc2ccc(C3=NN(C(N)=O)CC3)cc2)cc1. The number of unbranched alkanes of at least 4 members (excludes halogenated alkanes) is 3. The van der Waals surface area contributed by atoms with E-state index in [0.717, 1.165) is 22.8 Å². The first-order chi connectivity index (χ1) is 16.5. The molecule has 0 unspecified atom stereocenters. The molecule has 2 amide bonds. The molecule has 0 bridgehead atoms. The molecule has 2 aromatic carbocycles. The van der Waals surface area contributed by atoms with Gasteiger partial charge in [0.15, 0.2) is 0 Å². The summed E-state index contributed by atoms with van der Waals surface area (Å²) >= 11 is -2.40. The van der Waals surface area contributed by atoms with Crippen LogP contribution in [-0.4, -0.2) is 41.7 Å². The molecular weight excluding hydrogens is 529 g/mol. The summed E-state index contributed by atoms with van der Waals surface area (Å²) in [5, 5.41) is 5.62. The number of benzene rings is 2. The van der Waals surface area contributed by atoms with Gasteiger partial charge in [-0.05, 0) is 0 Å². The third-order valence-corrected chi connectivity index (χ3v) is 22.6. The number of carbonyl (C=O) groups is 1. The molecule has 34 heavy (non-hydrogen) atoms. The monoisotopic (exact) mass is 571 g/mol. The Hall–Kier alpha value is -2.02. The Kier molecular flexibility index (Phi) is 10.3. The van der Waals surface area contributed by atoms with Gasteiger partial charge in [-0.2, -0.15) is 0 Å². The Morgan fingerprint density at radius 3 is 1.82 bits per heavy atom. The molecule has 0 saturated carbocycles. The van der Waals surface area contributed by atoms with Gasteiger partial charge >= 0.3 is 200 Å². The van der Waals surface area contributed by atoms with Crippen LogP contribution in [0, 0.1) is 0 Å². The van der Waals surface area contributed by atoms with E-state index in [1.807, 2.05) is 24.3 Å². The van der Waals surface area contributed by atoms with E-state index >= 15 is 0 Å². The fraction of sp³-hybridized carbons (Fsp3) is 0.500. The average Bonchev–Trinajstić information content (AvgIpc) is 3.36. The third-order valence-electron chi connectivity index (χ3n) is 6.97. The van der Waals surface area contributed by atoms with Gasteiger partial charge in [0.1, 0.15) is 0 Å². The summed E-state index contributed by atoms with van der Waals surface area (Å²) in [6, 6.07) is 16.5. The number of hydrazone groups is 1. The molecule has 5 nitrogen and oxygen atoms in total. The van der Waals surface area contributed by atoms with E-state index in [0.29, 0.717) is 13.0 Å². The number of amides is 2. The van der Waals surface area contributed by atoms with Gasteiger partial charge in [-0.25, -0.2) is 4.79 Å². The summed E-state index contributed by atoms with van der Waals surface area (Å²) in [4.78, 5) is 11.3. The summed E-state index contributed by atoms with van der Waals surface area (Å²) < 4.78 is 12.3. The standard InChI is InChI=1S/C16H14N3O2.3C4H9.Sn/c17-16(20)19-11-10-15(18-19)12-6-8-14(9-7-12)21-13-4-2-1-3-5-13;3*1-3-4-2;/h2-9H,10-11H2,(H2,17,20);3*1,3-4H2,2H3;. The maximum atomic E-state index is 11.3. The number of nitrogens with zero attached hydrogens (tertiary/aromatic N) is 2. The Morgan fingerprint density at radius 1 is 0.882 bits per heavy atom. The summed E-state index contributed by atoms with van der Waals surface area (Å²) in [6.07, 6.45) is 8.71. The van der Waals surface area contributed by atoms with Crippen LogP contribution in [0.2, 0.25) is 13.3 Å². The molecule has 0 fully saturated rings. The van der Waals surface area contributed by atoms with Crippen molar-refractivity contribution in [2.24, 2.45) is 10.8 Å². The van der Waals surface area contributed by atoms with Crippen molar-refractivity contribution in [2.45, 2.75) is 79.0 Å². The molecule has 3 rings (SSSR count). The van der Waals surface area contributed by atoms with Crippen molar-refractivity contribution in [3.8, 4) is 11.5 Å². The van der Waals surface area contributed by atoms with Crippen LogP contribution in [0.1, 0.15) is 71.3 Å². The summed E-state index contributed by atoms with van der Waals surface area (Å²) in [6.45, 7) is 7.51. The van der Waals surface area contributed by atoms with Crippen LogP contribution < -0.4 is 14.0 Å². The van der Waals surface area contributed by atoms with Crippen molar-refractivity contribution in [3.05, 3.63) is 54.1 Å². The number of carbonyl (C=O) groups excluding carboxylic acids is 1. The predicted octanol–water partition coefficient (Wildman–Crippen LogP) is 7.02. The molecule has 0 atom stereocenters. The zero-order valence-electron chi connectivity index (χ0n) is 21.2. The molecule has 1 heterocycles. The third kappa shape index (κ3) is 7.00. The van der Waals surface area contributed by atoms with Gasteiger partial charge in [0.05, 0.1) is 0 Å². The Bertz CT molecular complexity index is 919. The summed E-state index contributed by atoms with van der Waals surface area (Å²) in [7, 11) is 0. The Balaban J connectivity index is 1.72. The molecular formula is C28H41N3O2Sn. The number of urea groups is 1. The van der Waals surface area contributed by atoms with Crippen molar-refractivity contribution in [1.29, 1.82) is 0 Å². The van der Waals surface area contributed by atoms with E-state index in [2.05, 4.69) is 50.1 Å². The van der Waals surface area contributed by atoms with Gasteiger partial charge in [-0.15, -0.1) is 0 Å². The topological polar surface area (TPSA) is 67.9 Å². The van der Waals surface area contributed by atoms with Crippen LogP contribution in [0.3, 0.4) is 0 Å². The zero-order valence-corrected chi connectivity index (χ0v) is 24.0. The number of nitrogens with two attached hydrogens (primary N) is 1. The van der Waals surface area contributed by atoms with E-state index in [4.69, 9.17) is 10.5 Å². The van der Waals surface area contributed by atoms with E-state index in [-0.39, 0.29) is 0 Å². The Morgan fingerprint density at radius 2 is 1.38 bits per heavy atom. The van der Waals surface area contributed by atoms with Crippen LogP contribution in [-0.2, 0) is 0 Å². The van der Waals surface area contributed by atoms with Gasteiger partial charge < -0.3 is 5.73 Å². The molecule has 0 aliphatic carbocycles. The van der Waals surface area contributed by atoms with E-state index in [1.54, 1.807) is 3.58 Å². The number of rotatable bonds is 13. The van der Waals surface area contributed by atoms with Crippen LogP contribution in [0.4, 0.5) is 4.79 Å². The molecule has 0 radical (unpaired) electrons. The van der Waals surface area contributed by atoms with E-state index in [1.165, 1.54) is 56.8 Å². The molecule has 184 valence electrons. The number of ether oxygens (including phenoxy) is 1. The minimum absolute atomic E-state index is 0.508. The maximum absolute atomic E-state index is 11.3. The van der Waals surface area contributed by atoms with Crippen molar-refractivity contribution in [2.75, 3.05) is 6.54 Å². The van der Waals surface area contributed by atoms with Crippen molar-refractivity contribution in [1.82, 2.24) is 5.01 Å². The number of hydrogen-bond donors (Lipinski definition) is 1. The molecule has 6 heteroatoms. The minimum atomic E-state index is -2.40. The molecule has 2 aromatic rings. The van der Waals surface area contributed by atoms with Crippen LogP contribution in [0.5, 0.6) is 11.5 Å². The van der Waals surface area contributed by atoms with E-state index < -0.39 is 24.4 Å². The molecule has 2 N–H and O–H groups in total. The molecule has 0 saturated heterocycles. The second-order valence-corrected chi connectivity index (χ2v) is 22.7. The zero-order chi connectivity index (χ0) is 24.4. The summed E-state index contributed by atoms with van der Waals surface area (Å²) in [5.41, 5.74) is 7.19. The van der Waals surface area contributed by atoms with Gasteiger partial charge in [0, 0.05) is 0 Å². The van der Waals surface area contributed by atoms with Crippen molar-refractivity contribution < 1.29 is 9.53 Å². The number of primary amides is 1. The first kappa shape index (κ1) is 26.6. The van der Waals surface area contributed by atoms with Gasteiger partial charge in [-0.3, -0.25) is 0 Å². The van der Waals surface area contributed by atoms with Gasteiger partial charge in [0.2, 0.25) is 0 Å². The van der Waals surface area contributed by atoms with Crippen LogP contribution >= 0.6 is 0 Å². The van der Waals surface area contributed by atoms with Gasteiger partial charge in [-0.1, -0.05) is 0 Å². The van der Waals surface area contributed by atoms with Crippen molar-refractivity contribution in [3.63, 3.8) is 0 Å². The van der Waals surface area contributed by atoms with Crippen molar-refractivity contribution >= 4 is 33.7 Å². The molecule has 1 aliphatic heterocycles. The quantitative estimate of drug-likeness (QED) is 0.263. The van der Waals surface area contributed by atoms with E-state index in [9.17, 15) is 4.79 Å². The molecule has 1 aliphatic rings. The number of hydrogen-bond acceptors (Lipinski definition) is 3. The second-order valence-electron chi connectivity index (χ2n) is 9.50. The molecule has 0 spiro atoms. The first-order valence-electron chi connectivity index (χ1n) is 13.0. The molecule has 0 aromatic heterocycles. The van der Waals surface area contributed by atoms with Crippen LogP contribution in [0.25, 0.3) is 0 Å². The normalized spacial score (nSPS) is 13.7.